The van der Waals surface area contributed by atoms with E-state index in [1.165, 1.54) is 6.07 Å². The van der Waals surface area contributed by atoms with Gasteiger partial charge in [0.25, 0.3) is 0 Å². The molecular formula is C17H16ClFN2O. The van der Waals surface area contributed by atoms with E-state index in [9.17, 15) is 4.39 Å². The summed E-state index contributed by atoms with van der Waals surface area (Å²) in [4.78, 5) is 0. The molecule has 0 saturated heterocycles. The molecule has 3 aromatic rings. The second-order valence-electron chi connectivity index (χ2n) is 5.68. The van der Waals surface area contributed by atoms with Crippen LogP contribution < -0.4 is 10.5 Å². The van der Waals surface area contributed by atoms with Crippen molar-refractivity contribution >= 4 is 22.5 Å². The standard InChI is InChI=1S/C17H16ClFN2O/c1-17(2,20)22-16-10-21(15-6-4-3-5-12(15)16)11-7-8-14(19)13(18)9-11/h3-10H,20H2,1-2H3. The number of rotatable bonds is 3. The number of nitrogens with zero attached hydrogens (tertiary/aromatic N) is 1. The molecule has 0 bridgehead atoms. The van der Waals surface area contributed by atoms with Gasteiger partial charge in [-0.3, -0.25) is 5.73 Å². The van der Waals surface area contributed by atoms with E-state index in [0.29, 0.717) is 5.75 Å². The first-order valence-electron chi connectivity index (χ1n) is 6.88. The van der Waals surface area contributed by atoms with Crippen molar-refractivity contribution in [1.82, 2.24) is 4.57 Å². The largest absolute Gasteiger partial charge is 0.471 e. The van der Waals surface area contributed by atoms with Crippen molar-refractivity contribution in [1.29, 1.82) is 0 Å². The summed E-state index contributed by atoms with van der Waals surface area (Å²) in [6, 6.07) is 12.4. The van der Waals surface area contributed by atoms with E-state index in [1.54, 1.807) is 26.0 Å². The molecule has 3 nitrogen and oxygen atoms in total. The summed E-state index contributed by atoms with van der Waals surface area (Å²) in [5, 5.41) is 1.01. The van der Waals surface area contributed by atoms with Gasteiger partial charge < -0.3 is 9.30 Å². The maximum atomic E-state index is 13.4. The van der Waals surface area contributed by atoms with Crippen LogP contribution in [-0.2, 0) is 0 Å². The van der Waals surface area contributed by atoms with Gasteiger partial charge in [-0.05, 0) is 44.2 Å². The van der Waals surface area contributed by atoms with Gasteiger partial charge in [-0.1, -0.05) is 23.7 Å². The van der Waals surface area contributed by atoms with Gasteiger partial charge in [0.1, 0.15) is 11.6 Å². The molecule has 22 heavy (non-hydrogen) atoms. The molecule has 0 aliphatic rings. The Labute approximate surface area is 133 Å². The summed E-state index contributed by atoms with van der Waals surface area (Å²) in [5.41, 5.74) is 6.84. The van der Waals surface area contributed by atoms with Crippen molar-refractivity contribution in [2.45, 2.75) is 19.6 Å². The molecule has 0 aliphatic heterocycles. The Balaban J connectivity index is 2.19. The second-order valence-corrected chi connectivity index (χ2v) is 6.09. The zero-order chi connectivity index (χ0) is 15.9. The van der Waals surface area contributed by atoms with Crippen molar-refractivity contribution in [3.05, 3.63) is 59.5 Å². The maximum Gasteiger partial charge on any atom is 0.153 e. The number of nitrogens with two attached hydrogens (primary N) is 1. The highest BCUT2D eigenvalue weighted by molar-refractivity contribution is 6.30. The minimum atomic E-state index is -0.796. The van der Waals surface area contributed by atoms with Crippen molar-refractivity contribution < 1.29 is 9.13 Å². The summed E-state index contributed by atoms with van der Waals surface area (Å²) in [6.07, 6.45) is 1.84. The van der Waals surface area contributed by atoms with E-state index in [0.717, 1.165) is 16.6 Å². The quantitative estimate of drug-likeness (QED) is 0.722. The van der Waals surface area contributed by atoms with E-state index in [2.05, 4.69) is 0 Å². The summed E-state index contributed by atoms with van der Waals surface area (Å²) in [5.74, 6) is 0.227. The Kier molecular flexibility index (Phi) is 3.59. The Bertz CT molecular complexity index is 836. The highest BCUT2D eigenvalue weighted by Crippen LogP contribution is 2.32. The summed E-state index contributed by atoms with van der Waals surface area (Å²) in [7, 11) is 0. The van der Waals surface area contributed by atoms with Gasteiger partial charge >= 0.3 is 0 Å². The van der Waals surface area contributed by atoms with E-state index < -0.39 is 11.5 Å². The van der Waals surface area contributed by atoms with Gasteiger partial charge in [-0.2, -0.15) is 0 Å². The van der Waals surface area contributed by atoms with Crippen molar-refractivity contribution in [2.24, 2.45) is 5.73 Å². The Morgan fingerprint density at radius 1 is 1.18 bits per heavy atom. The van der Waals surface area contributed by atoms with Crippen molar-refractivity contribution in [2.75, 3.05) is 0 Å². The molecule has 2 aromatic carbocycles. The van der Waals surface area contributed by atoms with Gasteiger partial charge in [0.2, 0.25) is 0 Å². The molecule has 1 heterocycles. The first-order valence-corrected chi connectivity index (χ1v) is 7.26. The lowest BCUT2D eigenvalue weighted by Gasteiger charge is -2.20. The van der Waals surface area contributed by atoms with Crippen LogP contribution in [0.2, 0.25) is 5.02 Å². The number of para-hydroxylation sites is 1. The van der Waals surface area contributed by atoms with Crippen LogP contribution in [0, 0.1) is 5.82 Å². The second kappa shape index (κ2) is 5.30. The zero-order valence-corrected chi connectivity index (χ0v) is 13.1. The van der Waals surface area contributed by atoms with Crippen LogP contribution in [0.4, 0.5) is 4.39 Å². The van der Waals surface area contributed by atoms with Gasteiger partial charge in [-0.15, -0.1) is 0 Å². The van der Waals surface area contributed by atoms with Crippen LogP contribution in [0.15, 0.2) is 48.7 Å². The fourth-order valence-corrected chi connectivity index (χ4v) is 2.54. The number of benzene rings is 2. The van der Waals surface area contributed by atoms with Crippen LogP contribution in [0.25, 0.3) is 16.6 Å². The lowest BCUT2D eigenvalue weighted by Crippen LogP contribution is -2.38. The molecular weight excluding hydrogens is 303 g/mol. The number of halogens is 2. The molecule has 0 aliphatic carbocycles. The highest BCUT2D eigenvalue weighted by atomic mass is 35.5. The molecule has 0 amide bonds. The van der Waals surface area contributed by atoms with Crippen molar-refractivity contribution in [3.8, 4) is 11.4 Å². The Morgan fingerprint density at radius 3 is 2.59 bits per heavy atom. The SMILES string of the molecule is CC(C)(N)Oc1cn(-c2ccc(F)c(Cl)c2)c2ccccc12. The van der Waals surface area contributed by atoms with Gasteiger partial charge in [-0.25, -0.2) is 4.39 Å². The fourth-order valence-electron chi connectivity index (χ4n) is 2.36. The van der Waals surface area contributed by atoms with Gasteiger partial charge in [0.15, 0.2) is 5.72 Å². The van der Waals surface area contributed by atoms with E-state index in [4.69, 9.17) is 22.1 Å². The normalized spacial score (nSPS) is 11.9. The van der Waals surface area contributed by atoms with Crippen LogP contribution in [0.1, 0.15) is 13.8 Å². The Morgan fingerprint density at radius 2 is 1.91 bits per heavy atom. The first-order chi connectivity index (χ1) is 10.3. The van der Waals surface area contributed by atoms with Crippen LogP contribution >= 0.6 is 11.6 Å². The van der Waals surface area contributed by atoms with Crippen molar-refractivity contribution in [3.63, 3.8) is 0 Å². The molecule has 114 valence electrons. The number of fused-ring (bicyclic) bond motifs is 1. The third kappa shape index (κ3) is 2.80. The topological polar surface area (TPSA) is 40.2 Å². The number of ether oxygens (including phenoxy) is 1. The van der Waals surface area contributed by atoms with Crippen LogP contribution in [0.3, 0.4) is 0 Å². The molecule has 0 fully saturated rings. The third-order valence-corrected chi connectivity index (χ3v) is 3.52. The first kappa shape index (κ1) is 14.9. The minimum Gasteiger partial charge on any atom is -0.471 e. The summed E-state index contributed by atoms with van der Waals surface area (Å²) >= 11 is 5.89. The molecule has 0 radical (unpaired) electrons. The van der Waals surface area contributed by atoms with E-state index >= 15 is 0 Å². The average Bonchev–Trinajstić information content (AvgIpc) is 2.79. The van der Waals surface area contributed by atoms with Crippen LogP contribution in [0.5, 0.6) is 5.75 Å². The fraction of sp³-hybridized carbons (Fsp3) is 0.176. The molecule has 0 saturated carbocycles. The smallest absolute Gasteiger partial charge is 0.153 e. The third-order valence-electron chi connectivity index (χ3n) is 3.23. The molecule has 0 unspecified atom stereocenters. The highest BCUT2D eigenvalue weighted by Gasteiger charge is 2.18. The number of hydrogen-bond acceptors (Lipinski definition) is 2. The molecule has 0 atom stereocenters. The van der Waals surface area contributed by atoms with Crippen LogP contribution in [-0.4, -0.2) is 10.3 Å². The maximum absolute atomic E-state index is 13.4. The summed E-state index contributed by atoms with van der Waals surface area (Å²) in [6.45, 7) is 3.57. The lowest BCUT2D eigenvalue weighted by atomic mass is 10.2. The molecule has 1 aromatic heterocycles. The Hall–Kier alpha value is -2.04. The van der Waals surface area contributed by atoms with E-state index in [1.807, 2.05) is 35.0 Å². The zero-order valence-electron chi connectivity index (χ0n) is 12.3. The predicted octanol–water partition coefficient (Wildman–Crippen LogP) is 4.50. The predicted molar refractivity (Wildman–Crippen MR) is 87.1 cm³/mol. The molecule has 2 N–H and O–H groups in total. The average molecular weight is 319 g/mol. The van der Waals surface area contributed by atoms with Gasteiger partial charge in [0, 0.05) is 11.1 Å². The summed E-state index contributed by atoms with van der Waals surface area (Å²) < 4.78 is 21.1. The lowest BCUT2D eigenvalue weighted by molar-refractivity contribution is 0.119. The number of hydrogen-bond donors (Lipinski definition) is 1. The molecule has 3 rings (SSSR count). The molecule has 0 spiro atoms. The minimum absolute atomic E-state index is 0.0805. The monoisotopic (exact) mass is 318 g/mol. The molecule has 5 heteroatoms. The van der Waals surface area contributed by atoms with Gasteiger partial charge in [0.05, 0.1) is 16.7 Å². The van der Waals surface area contributed by atoms with E-state index in [-0.39, 0.29) is 5.02 Å². The number of aromatic nitrogens is 1.